The minimum absolute atomic E-state index is 0.551. The Hall–Kier alpha value is -1.33. The SMILES string of the molecule is NCCCCc1cn(CC2CSc3ccccc32)nn1. The number of benzene rings is 1. The summed E-state index contributed by atoms with van der Waals surface area (Å²) in [5, 5.41) is 8.51. The van der Waals surface area contributed by atoms with E-state index in [9.17, 15) is 0 Å². The Balaban J connectivity index is 1.62. The predicted molar refractivity (Wildman–Crippen MR) is 81.9 cm³/mol. The van der Waals surface area contributed by atoms with Crippen LogP contribution in [0.4, 0.5) is 0 Å². The van der Waals surface area contributed by atoms with Crippen molar-refractivity contribution in [2.45, 2.75) is 36.6 Å². The van der Waals surface area contributed by atoms with Gasteiger partial charge in [0.2, 0.25) is 0 Å². The highest BCUT2D eigenvalue weighted by molar-refractivity contribution is 7.99. The Morgan fingerprint density at radius 2 is 2.20 bits per heavy atom. The molecule has 2 heterocycles. The molecule has 1 aromatic carbocycles. The largest absolute Gasteiger partial charge is 0.330 e. The molecule has 1 unspecified atom stereocenters. The Morgan fingerprint density at radius 3 is 3.10 bits per heavy atom. The van der Waals surface area contributed by atoms with E-state index >= 15 is 0 Å². The second-order valence-corrected chi connectivity index (χ2v) is 6.29. The average Bonchev–Trinajstić information content (AvgIpc) is 3.08. The van der Waals surface area contributed by atoms with Gasteiger partial charge in [-0.25, -0.2) is 0 Å². The van der Waals surface area contributed by atoms with Crippen molar-refractivity contribution >= 4 is 11.8 Å². The Labute approximate surface area is 123 Å². The molecule has 2 aromatic rings. The van der Waals surface area contributed by atoms with Crippen molar-refractivity contribution in [1.82, 2.24) is 15.0 Å². The average molecular weight is 288 g/mol. The highest BCUT2D eigenvalue weighted by Gasteiger charge is 2.23. The van der Waals surface area contributed by atoms with Crippen LogP contribution in [0.25, 0.3) is 0 Å². The summed E-state index contributed by atoms with van der Waals surface area (Å²) in [6.07, 6.45) is 5.21. The van der Waals surface area contributed by atoms with Gasteiger partial charge in [0.1, 0.15) is 0 Å². The van der Waals surface area contributed by atoms with Gasteiger partial charge in [-0.2, -0.15) is 0 Å². The van der Waals surface area contributed by atoms with Gasteiger partial charge >= 0.3 is 0 Å². The second kappa shape index (κ2) is 6.41. The van der Waals surface area contributed by atoms with Gasteiger partial charge in [0.25, 0.3) is 0 Å². The van der Waals surface area contributed by atoms with E-state index < -0.39 is 0 Å². The molecule has 0 fully saturated rings. The topological polar surface area (TPSA) is 56.7 Å². The zero-order valence-corrected chi connectivity index (χ0v) is 12.4. The fourth-order valence-corrected chi connectivity index (χ4v) is 3.84. The molecule has 1 aromatic heterocycles. The number of aromatic nitrogens is 3. The molecule has 0 amide bonds. The number of unbranched alkanes of at least 4 members (excludes halogenated alkanes) is 1. The van der Waals surface area contributed by atoms with Crippen molar-refractivity contribution in [2.75, 3.05) is 12.3 Å². The van der Waals surface area contributed by atoms with Gasteiger partial charge in [0, 0.05) is 22.8 Å². The molecule has 0 radical (unpaired) electrons. The van der Waals surface area contributed by atoms with Crippen LogP contribution in [0.15, 0.2) is 35.4 Å². The third-order valence-electron chi connectivity index (χ3n) is 3.68. The summed E-state index contributed by atoms with van der Waals surface area (Å²) in [7, 11) is 0. The Kier molecular flexibility index (Phi) is 4.38. The molecule has 1 atom stereocenters. The van der Waals surface area contributed by atoms with E-state index in [0.29, 0.717) is 5.92 Å². The van der Waals surface area contributed by atoms with E-state index in [4.69, 9.17) is 5.73 Å². The molecular weight excluding hydrogens is 268 g/mol. The highest BCUT2D eigenvalue weighted by atomic mass is 32.2. The normalized spacial score (nSPS) is 17.4. The number of hydrogen-bond acceptors (Lipinski definition) is 4. The van der Waals surface area contributed by atoms with Crippen LogP contribution in [0, 0.1) is 0 Å². The number of aryl methyl sites for hydroxylation is 1. The summed E-state index contributed by atoms with van der Waals surface area (Å²) < 4.78 is 1.99. The fourth-order valence-electron chi connectivity index (χ4n) is 2.60. The molecule has 0 aliphatic carbocycles. The van der Waals surface area contributed by atoms with Gasteiger partial charge in [-0.3, -0.25) is 4.68 Å². The molecule has 1 aliphatic rings. The van der Waals surface area contributed by atoms with Crippen molar-refractivity contribution in [3.63, 3.8) is 0 Å². The zero-order chi connectivity index (χ0) is 13.8. The number of nitrogens with zero attached hydrogens (tertiary/aromatic N) is 3. The monoisotopic (exact) mass is 288 g/mol. The summed E-state index contributed by atoms with van der Waals surface area (Å²) in [6, 6.07) is 8.68. The fraction of sp³-hybridized carbons (Fsp3) is 0.467. The molecule has 5 heteroatoms. The van der Waals surface area contributed by atoms with Gasteiger partial charge in [-0.15, -0.1) is 16.9 Å². The first-order valence-corrected chi connectivity index (χ1v) is 8.16. The molecule has 2 N–H and O–H groups in total. The van der Waals surface area contributed by atoms with Crippen LogP contribution in [0.1, 0.15) is 30.0 Å². The molecule has 3 rings (SSSR count). The van der Waals surface area contributed by atoms with Gasteiger partial charge in [0.05, 0.1) is 12.2 Å². The van der Waals surface area contributed by atoms with Crippen molar-refractivity contribution < 1.29 is 0 Å². The minimum Gasteiger partial charge on any atom is -0.330 e. The molecule has 1 aliphatic heterocycles. The Bertz CT molecular complexity index is 567. The number of rotatable bonds is 6. The van der Waals surface area contributed by atoms with E-state index in [-0.39, 0.29) is 0 Å². The molecular formula is C15H20N4S. The summed E-state index contributed by atoms with van der Waals surface area (Å²) in [6.45, 7) is 1.68. The summed E-state index contributed by atoms with van der Waals surface area (Å²) in [5.74, 6) is 1.69. The van der Waals surface area contributed by atoms with Gasteiger partial charge in [-0.05, 0) is 37.4 Å². The van der Waals surface area contributed by atoms with Crippen LogP contribution >= 0.6 is 11.8 Å². The first-order valence-electron chi connectivity index (χ1n) is 7.17. The van der Waals surface area contributed by atoms with Crippen molar-refractivity contribution in [1.29, 1.82) is 0 Å². The van der Waals surface area contributed by atoms with E-state index in [1.807, 2.05) is 16.4 Å². The first kappa shape index (κ1) is 13.6. The number of fused-ring (bicyclic) bond motifs is 1. The third-order valence-corrected chi connectivity index (χ3v) is 4.93. The first-order chi connectivity index (χ1) is 9.86. The van der Waals surface area contributed by atoms with Gasteiger partial charge in [-0.1, -0.05) is 23.4 Å². The molecule has 20 heavy (non-hydrogen) atoms. The second-order valence-electron chi connectivity index (χ2n) is 5.22. The number of hydrogen-bond donors (Lipinski definition) is 1. The van der Waals surface area contributed by atoms with E-state index in [1.165, 1.54) is 10.5 Å². The maximum absolute atomic E-state index is 5.51. The van der Waals surface area contributed by atoms with Gasteiger partial charge in [0.15, 0.2) is 0 Å². The zero-order valence-electron chi connectivity index (χ0n) is 11.5. The van der Waals surface area contributed by atoms with E-state index in [1.54, 1.807) is 0 Å². The molecule has 0 spiro atoms. The van der Waals surface area contributed by atoms with Crippen LogP contribution in [0.5, 0.6) is 0 Å². The molecule has 106 valence electrons. The van der Waals surface area contributed by atoms with Crippen molar-refractivity contribution in [3.8, 4) is 0 Å². The number of thioether (sulfide) groups is 1. The summed E-state index contributed by atoms with van der Waals surface area (Å²) >= 11 is 1.94. The molecule has 0 saturated carbocycles. The van der Waals surface area contributed by atoms with Crippen LogP contribution in [-0.2, 0) is 13.0 Å². The maximum atomic E-state index is 5.51. The molecule has 0 bridgehead atoms. The van der Waals surface area contributed by atoms with Crippen molar-refractivity contribution in [3.05, 3.63) is 41.7 Å². The molecule has 4 nitrogen and oxygen atoms in total. The summed E-state index contributed by atoms with van der Waals surface area (Å²) in [5.41, 5.74) is 8.05. The lowest BCUT2D eigenvalue weighted by Crippen LogP contribution is -2.09. The lowest BCUT2D eigenvalue weighted by molar-refractivity contribution is 0.532. The van der Waals surface area contributed by atoms with Crippen LogP contribution < -0.4 is 5.73 Å². The minimum atomic E-state index is 0.551. The maximum Gasteiger partial charge on any atom is 0.0827 e. The van der Waals surface area contributed by atoms with Crippen LogP contribution in [-0.4, -0.2) is 27.3 Å². The lowest BCUT2D eigenvalue weighted by atomic mass is 10.0. The highest BCUT2D eigenvalue weighted by Crippen LogP contribution is 2.39. The standard InChI is InChI=1S/C15H20N4S/c16-8-4-3-5-13-10-19(18-17-13)9-12-11-20-15-7-2-1-6-14(12)15/h1-2,6-7,10,12H,3-5,8-9,11,16H2. The predicted octanol–water partition coefficient (Wildman–Crippen LogP) is 2.45. The van der Waals surface area contributed by atoms with E-state index in [0.717, 1.165) is 43.8 Å². The molecule has 0 saturated heterocycles. The third kappa shape index (κ3) is 3.04. The van der Waals surface area contributed by atoms with Crippen LogP contribution in [0.2, 0.25) is 0 Å². The van der Waals surface area contributed by atoms with Crippen molar-refractivity contribution in [2.24, 2.45) is 5.73 Å². The smallest absolute Gasteiger partial charge is 0.0827 e. The number of nitrogens with two attached hydrogens (primary N) is 1. The lowest BCUT2D eigenvalue weighted by Gasteiger charge is -2.09. The van der Waals surface area contributed by atoms with Gasteiger partial charge < -0.3 is 5.73 Å². The Morgan fingerprint density at radius 1 is 1.30 bits per heavy atom. The summed E-state index contributed by atoms with van der Waals surface area (Å²) in [4.78, 5) is 1.42. The quantitative estimate of drug-likeness (QED) is 0.830. The van der Waals surface area contributed by atoms with E-state index in [2.05, 4.69) is 40.8 Å². The van der Waals surface area contributed by atoms with Crippen LogP contribution in [0.3, 0.4) is 0 Å².